The maximum atomic E-state index is 14.5. The number of fused-ring (bicyclic) bond motifs is 1. The highest BCUT2D eigenvalue weighted by Gasteiger charge is 2.22. The molecule has 0 unspecified atom stereocenters. The number of hydrogen-bond acceptors (Lipinski definition) is 7. The Labute approximate surface area is 177 Å². The first-order chi connectivity index (χ1) is 14.9. The molecule has 3 aromatic rings. The number of nitro groups is 1. The fraction of sp³-hybridized carbons (Fsp3) is 0.227. The smallest absolute Gasteiger partial charge is 0.270 e. The van der Waals surface area contributed by atoms with Crippen molar-refractivity contribution < 1.29 is 14.1 Å². The molecule has 9 heteroatoms. The van der Waals surface area contributed by atoms with E-state index in [1.165, 1.54) is 25.1 Å². The fourth-order valence-electron chi connectivity index (χ4n) is 3.73. The van der Waals surface area contributed by atoms with E-state index in [0.29, 0.717) is 59.7 Å². The first-order valence-electron chi connectivity index (χ1n) is 9.67. The van der Waals surface area contributed by atoms with E-state index in [4.69, 9.17) is 0 Å². The van der Waals surface area contributed by atoms with Crippen LogP contribution in [0.3, 0.4) is 0 Å². The van der Waals surface area contributed by atoms with Crippen molar-refractivity contribution in [3.8, 4) is 6.07 Å². The third-order valence-electron chi connectivity index (χ3n) is 5.41. The minimum Gasteiger partial charge on any atom is -0.366 e. The zero-order valence-corrected chi connectivity index (χ0v) is 16.7. The number of Topliss-reactive ketones (excluding diaryl/α,β-unsaturated/α-hetero) is 1. The number of non-ortho nitro benzene ring substituents is 1. The Kier molecular flexibility index (Phi) is 5.21. The van der Waals surface area contributed by atoms with Gasteiger partial charge < -0.3 is 9.80 Å². The molecule has 0 aliphatic carbocycles. The SMILES string of the molecule is CC(=O)c1ccc(N2CCN(c3cc(C#N)c4cc([N+](=O)[O-])ccc4n3)CC2)c(F)c1. The second-order valence-electron chi connectivity index (χ2n) is 7.29. The molecule has 0 amide bonds. The molecule has 1 aliphatic heterocycles. The number of ketones is 1. The molecule has 2 aromatic carbocycles. The summed E-state index contributed by atoms with van der Waals surface area (Å²) in [4.78, 5) is 30.4. The Bertz CT molecular complexity index is 1250. The van der Waals surface area contributed by atoms with Gasteiger partial charge in [0.25, 0.3) is 5.69 Å². The zero-order valence-electron chi connectivity index (χ0n) is 16.7. The molecule has 1 fully saturated rings. The molecule has 31 heavy (non-hydrogen) atoms. The summed E-state index contributed by atoms with van der Waals surface area (Å²) in [7, 11) is 0. The van der Waals surface area contributed by atoms with Gasteiger partial charge in [-0.2, -0.15) is 5.26 Å². The van der Waals surface area contributed by atoms with Crippen molar-refractivity contribution >= 4 is 33.9 Å². The van der Waals surface area contributed by atoms with E-state index in [2.05, 4.69) is 11.1 Å². The molecule has 0 atom stereocenters. The van der Waals surface area contributed by atoms with Crippen molar-refractivity contribution in [1.29, 1.82) is 5.26 Å². The van der Waals surface area contributed by atoms with Crippen molar-refractivity contribution in [2.24, 2.45) is 0 Å². The quantitative estimate of drug-likeness (QED) is 0.361. The third-order valence-corrected chi connectivity index (χ3v) is 5.41. The minimum absolute atomic E-state index is 0.0926. The third kappa shape index (κ3) is 3.88. The van der Waals surface area contributed by atoms with Crippen molar-refractivity contribution in [3.63, 3.8) is 0 Å². The summed E-state index contributed by atoms with van der Waals surface area (Å²) in [6.07, 6.45) is 0. The van der Waals surface area contributed by atoms with Crippen LogP contribution in [0.4, 0.5) is 21.6 Å². The van der Waals surface area contributed by atoms with Crippen LogP contribution in [0.25, 0.3) is 10.9 Å². The molecule has 156 valence electrons. The molecule has 1 aliphatic rings. The van der Waals surface area contributed by atoms with Crippen LogP contribution in [0.2, 0.25) is 0 Å². The van der Waals surface area contributed by atoms with Gasteiger partial charge in [0.05, 0.1) is 27.8 Å². The van der Waals surface area contributed by atoms with E-state index in [1.807, 2.05) is 9.80 Å². The number of carbonyl (C=O) groups excluding carboxylic acids is 1. The number of nitro benzene ring substituents is 1. The number of hydrogen-bond donors (Lipinski definition) is 0. The fourth-order valence-corrected chi connectivity index (χ4v) is 3.73. The van der Waals surface area contributed by atoms with E-state index in [-0.39, 0.29) is 11.5 Å². The summed E-state index contributed by atoms with van der Waals surface area (Å²) in [6, 6.07) is 12.5. The van der Waals surface area contributed by atoms with Crippen molar-refractivity contribution in [3.05, 3.63) is 69.5 Å². The summed E-state index contributed by atoms with van der Waals surface area (Å²) in [6.45, 7) is 3.60. The number of anilines is 2. The molecule has 2 heterocycles. The predicted octanol–water partition coefficient (Wildman–Crippen LogP) is 3.68. The van der Waals surface area contributed by atoms with E-state index in [0.717, 1.165) is 0 Å². The van der Waals surface area contributed by atoms with E-state index in [1.54, 1.807) is 24.3 Å². The summed E-state index contributed by atoms with van der Waals surface area (Å²) in [5, 5.41) is 21.0. The molecule has 8 nitrogen and oxygen atoms in total. The lowest BCUT2D eigenvalue weighted by Gasteiger charge is -2.37. The predicted molar refractivity (Wildman–Crippen MR) is 114 cm³/mol. The van der Waals surface area contributed by atoms with Gasteiger partial charge in [0.15, 0.2) is 5.78 Å². The average Bonchev–Trinajstić information content (AvgIpc) is 2.77. The average molecular weight is 419 g/mol. The van der Waals surface area contributed by atoms with Gasteiger partial charge in [0.2, 0.25) is 0 Å². The number of nitriles is 1. The molecule has 0 radical (unpaired) electrons. The lowest BCUT2D eigenvalue weighted by Crippen LogP contribution is -2.47. The highest BCUT2D eigenvalue weighted by Crippen LogP contribution is 2.28. The van der Waals surface area contributed by atoms with Gasteiger partial charge in [0.1, 0.15) is 11.6 Å². The summed E-state index contributed by atoms with van der Waals surface area (Å²) in [5.41, 5.74) is 1.51. The Balaban J connectivity index is 1.56. The number of rotatable bonds is 4. The van der Waals surface area contributed by atoms with Crippen molar-refractivity contribution in [2.75, 3.05) is 36.0 Å². The largest absolute Gasteiger partial charge is 0.366 e. The molecule has 4 rings (SSSR count). The summed E-state index contributed by atoms with van der Waals surface area (Å²) < 4.78 is 14.5. The lowest BCUT2D eigenvalue weighted by molar-refractivity contribution is -0.384. The molecule has 1 saturated heterocycles. The Morgan fingerprint density at radius 2 is 1.84 bits per heavy atom. The van der Waals surface area contributed by atoms with Crippen LogP contribution in [0.15, 0.2) is 42.5 Å². The van der Waals surface area contributed by atoms with Gasteiger partial charge in [0, 0.05) is 49.3 Å². The van der Waals surface area contributed by atoms with Gasteiger partial charge in [-0.05, 0) is 37.3 Å². The molecule has 0 bridgehead atoms. The second kappa shape index (κ2) is 7.99. The standard InChI is InChI=1S/C22H18FN5O3/c1-14(29)15-2-5-21(19(23)10-15)26-6-8-27(9-7-26)22-11-16(13-24)18-12-17(28(30)31)3-4-20(18)25-22/h2-5,10-12H,6-9H2,1H3. The first kappa shape index (κ1) is 20.2. The van der Waals surface area contributed by atoms with Crippen LogP contribution in [-0.4, -0.2) is 41.9 Å². The Morgan fingerprint density at radius 1 is 1.13 bits per heavy atom. The number of halogens is 1. The zero-order chi connectivity index (χ0) is 22.1. The number of benzene rings is 2. The minimum atomic E-state index is -0.504. The van der Waals surface area contributed by atoms with E-state index < -0.39 is 10.7 Å². The van der Waals surface area contributed by atoms with Gasteiger partial charge in [-0.15, -0.1) is 0 Å². The van der Waals surface area contributed by atoms with Gasteiger partial charge in [-0.25, -0.2) is 9.37 Å². The highest BCUT2D eigenvalue weighted by molar-refractivity contribution is 5.94. The number of nitrogens with zero attached hydrogens (tertiary/aromatic N) is 5. The van der Waals surface area contributed by atoms with Gasteiger partial charge in [-0.1, -0.05) is 0 Å². The lowest BCUT2D eigenvalue weighted by atomic mass is 10.1. The van der Waals surface area contributed by atoms with Gasteiger partial charge in [-0.3, -0.25) is 14.9 Å². The molecular formula is C22H18FN5O3. The maximum absolute atomic E-state index is 14.5. The number of aromatic nitrogens is 1. The van der Waals surface area contributed by atoms with Crippen LogP contribution >= 0.6 is 0 Å². The van der Waals surface area contributed by atoms with Crippen LogP contribution < -0.4 is 9.80 Å². The number of pyridine rings is 1. The van der Waals surface area contributed by atoms with Gasteiger partial charge >= 0.3 is 0 Å². The normalized spacial score (nSPS) is 13.8. The summed E-state index contributed by atoms with van der Waals surface area (Å²) >= 11 is 0. The molecule has 0 saturated carbocycles. The van der Waals surface area contributed by atoms with Crippen LogP contribution in [0.5, 0.6) is 0 Å². The maximum Gasteiger partial charge on any atom is 0.270 e. The number of piperazine rings is 1. The molecular weight excluding hydrogens is 401 g/mol. The first-order valence-corrected chi connectivity index (χ1v) is 9.67. The summed E-state index contributed by atoms with van der Waals surface area (Å²) in [5.74, 6) is -0.0143. The molecule has 0 spiro atoms. The molecule has 0 N–H and O–H groups in total. The van der Waals surface area contributed by atoms with Crippen LogP contribution in [-0.2, 0) is 0 Å². The monoisotopic (exact) mass is 419 g/mol. The van der Waals surface area contributed by atoms with Crippen molar-refractivity contribution in [1.82, 2.24) is 4.98 Å². The van der Waals surface area contributed by atoms with Crippen LogP contribution in [0.1, 0.15) is 22.8 Å². The molecule has 1 aromatic heterocycles. The van der Waals surface area contributed by atoms with E-state index >= 15 is 0 Å². The Hall–Kier alpha value is -4.06. The number of carbonyl (C=O) groups is 1. The van der Waals surface area contributed by atoms with E-state index in [9.17, 15) is 24.6 Å². The van der Waals surface area contributed by atoms with Crippen LogP contribution in [0, 0.1) is 27.3 Å². The second-order valence-corrected chi connectivity index (χ2v) is 7.29. The van der Waals surface area contributed by atoms with Crippen molar-refractivity contribution in [2.45, 2.75) is 6.92 Å². The highest BCUT2D eigenvalue weighted by atomic mass is 19.1. The topological polar surface area (TPSA) is 103 Å². The Morgan fingerprint density at radius 3 is 2.45 bits per heavy atom.